The zero-order chi connectivity index (χ0) is 15.6. The molecular weight excluding hydrogens is 404 g/mol. The van der Waals surface area contributed by atoms with E-state index in [0.29, 0.717) is 26.0 Å². The van der Waals surface area contributed by atoms with E-state index in [4.69, 9.17) is 9.47 Å². The fraction of sp³-hybridized carbons (Fsp3) is 0.133. The lowest BCUT2D eigenvalue weighted by molar-refractivity contribution is 0.103. The van der Waals surface area contributed by atoms with Crippen LogP contribution in [0.4, 0.5) is 0 Å². The van der Waals surface area contributed by atoms with Crippen LogP contribution in [0.3, 0.4) is 0 Å². The molecule has 0 saturated heterocycles. The molecule has 0 atom stereocenters. The van der Waals surface area contributed by atoms with Crippen LogP contribution in [0.15, 0.2) is 39.3 Å². The molecule has 0 fully saturated rings. The highest BCUT2D eigenvalue weighted by Crippen LogP contribution is 2.35. The summed E-state index contributed by atoms with van der Waals surface area (Å²) in [6.07, 6.45) is 0. The summed E-state index contributed by atoms with van der Waals surface area (Å²) in [6.45, 7) is 0. The predicted octanol–water partition coefficient (Wildman–Crippen LogP) is 4.17. The molecule has 0 saturated carbocycles. The van der Waals surface area contributed by atoms with Crippen LogP contribution < -0.4 is 9.47 Å². The lowest BCUT2D eigenvalue weighted by Crippen LogP contribution is -2.04. The minimum Gasteiger partial charge on any atom is -0.507 e. The van der Waals surface area contributed by atoms with Gasteiger partial charge in [0, 0.05) is 14.5 Å². The number of ketones is 1. The molecule has 2 rings (SSSR count). The molecule has 0 aliphatic carbocycles. The predicted molar refractivity (Wildman–Crippen MR) is 86.5 cm³/mol. The Labute approximate surface area is 139 Å². The Morgan fingerprint density at radius 1 is 1.00 bits per heavy atom. The molecule has 0 aromatic heterocycles. The summed E-state index contributed by atoms with van der Waals surface area (Å²) in [7, 11) is 3.02. The van der Waals surface area contributed by atoms with Crippen LogP contribution in [0.5, 0.6) is 17.2 Å². The van der Waals surface area contributed by atoms with Crippen LogP contribution in [0.2, 0.25) is 0 Å². The molecule has 0 radical (unpaired) electrons. The number of aromatic hydroxyl groups is 1. The third kappa shape index (κ3) is 3.22. The summed E-state index contributed by atoms with van der Waals surface area (Å²) < 4.78 is 11.6. The van der Waals surface area contributed by atoms with Gasteiger partial charge in [0.2, 0.25) is 0 Å². The molecule has 2 aromatic rings. The fourth-order valence-corrected chi connectivity index (χ4v) is 2.73. The van der Waals surface area contributed by atoms with Gasteiger partial charge in [-0.05, 0) is 46.3 Å². The first-order chi connectivity index (χ1) is 9.97. The Hall–Kier alpha value is -1.53. The van der Waals surface area contributed by atoms with E-state index in [1.165, 1.54) is 20.3 Å². The highest BCUT2D eigenvalue weighted by atomic mass is 79.9. The van der Waals surface area contributed by atoms with Crippen molar-refractivity contribution in [1.29, 1.82) is 0 Å². The summed E-state index contributed by atoms with van der Waals surface area (Å²) in [5.74, 6) is 0.560. The average Bonchev–Trinajstić information content (AvgIpc) is 2.48. The molecule has 0 aliphatic rings. The molecule has 1 N–H and O–H groups in total. The minimum atomic E-state index is -0.318. The Morgan fingerprint density at radius 2 is 1.62 bits per heavy atom. The lowest BCUT2D eigenvalue weighted by Gasteiger charge is -2.12. The number of methoxy groups -OCH3 is 2. The second-order valence-electron chi connectivity index (χ2n) is 4.18. The van der Waals surface area contributed by atoms with Crippen LogP contribution in [0.25, 0.3) is 0 Å². The number of rotatable bonds is 4. The van der Waals surface area contributed by atoms with Crippen molar-refractivity contribution in [2.75, 3.05) is 14.2 Å². The van der Waals surface area contributed by atoms with E-state index < -0.39 is 0 Å². The van der Waals surface area contributed by atoms with Crippen LogP contribution in [0, 0.1) is 0 Å². The number of halogens is 2. The van der Waals surface area contributed by atoms with Crippen molar-refractivity contribution < 1.29 is 19.4 Å². The maximum atomic E-state index is 12.6. The van der Waals surface area contributed by atoms with E-state index in [1.54, 1.807) is 24.3 Å². The van der Waals surface area contributed by atoms with E-state index >= 15 is 0 Å². The van der Waals surface area contributed by atoms with Gasteiger partial charge < -0.3 is 14.6 Å². The number of phenolic OH excluding ortho intramolecular Hbond substituents is 1. The molecular formula is C15H12Br2O4. The number of hydrogen-bond acceptors (Lipinski definition) is 4. The topological polar surface area (TPSA) is 55.8 Å². The number of hydrogen-bond donors (Lipinski definition) is 1. The largest absolute Gasteiger partial charge is 0.507 e. The summed E-state index contributed by atoms with van der Waals surface area (Å²) in [4.78, 5) is 12.6. The highest BCUT2D eigenvalue weighted by molar-refractivity contribution is 9.10. The van der Waals surface area contributed by atoms with Crippen molar-refractivity contribution in [2.24, 2.45) is 0 Å². The zero-order valence-electron chi connectivity index (χ0n) is 11.3. The van der Waals surface area contributed by atoms with E-state index in [-0.39, 0.29) is 17.1 Å². The lowest BCUT2D eigenvalue weighted by atomic mass is 10.0. The van der Waals surface area contributed by atoms with Crippen molar-refractivity contribution in [1.82, 2.24) is 0 Å². The summed E-state index contributed by atoms with van der Waals surface area (Å²) in [5.41, 5.74) is 0.582. The van der Waals surface area contributed by atoms with Gasteiger partial charge in [0.15, 0.2) is 17.3 Å². The van der Waals surface area contributed by atoms with Crippen LogP contribution in [-0.4, -0.2) is 25.1 Å². The molecule has 21 heavy (non-hydrogen) atoms. The Morgan fingerprint density at radius 3 is 2.24 bits per heavy atom. The van der Waals surface area contributed by atoms with Crippen molar-refractivity contribution in [3.63, 3.8) is 0 Å². The number of ether oxygens (including phenoxy) is 2. The Bertz CT molecular complexity index is 698. The fourth-order valence-electron chi connectivity index (χ4n) is 1.86. The van der Waals surface area contributed by atoms with Crippen molar-refractivity contribution in [3.8, 4) is 17.2 Å². The third-order valence-electron chi connectivity index (χ3n) is 2.92. The van der Waals surface area contributed by atoms with E-state index in [9.17, 15) is 9.90 Å². The van der Waals surface area contributed by atoms with Gasteiger partial charge >= 0.3 is 0 Å². The molecule has 0 spiro atoms. The number of phenols is 1. The molecule has 0 heterocycles. The molecule has 6 heteroatoms. The second-order valence-corrected chi connectivity index (χ2v) is 5.95. The minimum absolute atomic E-state index is 0.0788. The molecule has 2 aromatic carbocycles. The number of carbonyl (C=O) groups excluding carboxylic acids is 1. The zero-order valence-corrected chi connectivity index (χ0v) is 14.5. The molecule has 110 valence electrons. The van der Waals surface area contributed by atoms with Crippen LogP contribution in [0.1, 0.15) is 15.9 Å². The van der Waals surface area contributed by atoms with Crippen LogP contribution in [-0.2, 0) is 0 Å². The monoisotopic (exact) mass is 414 g/mol. The molecule has 4 nitrogen and oxygen atoms in total. The van der Waals surface area contributed by atoms with E-state index in [0.717, 1.165) is 0 Å². The maximum absolute atomic E-state index is 12.6. The first-order valence-corrected chi connectivity index (χ1v) is 7.51. The number of benzene rings is 2. The quantitative estimate of drug-likeness (QED) is 0.761. The van der Waals surface area contributed by atoms with Crippen molar-refractivity contribution >= 4 is 37.6 Å². The van der Waals surface area contributed by atoms with E-state index in [2.05, 4.69) is 31.9 Å². The Kier molecular flexibility index (Phi) is 4.90. The molecule has 0 bridgehead atoms. The Balaban J connectivity index is 2.55. The third-order valence-corrected chi connectivity index (χ3v) is 4.07. The summed E-state index contributed by atoms with van der Waals surface area (Å²) in [5, 5.41) is 9.87. The molecule has 0 unspecified atom stereocenters. The van der Waals surface area contributed by atoms with Gasteiger partial charge in [-0.15, -0.1) is 0 Å². The SMILES string of the molecule is COc1cc(Br)c(C(=O)c2cc(Br)ccc2O)cc1OC. The summed E-state index contributed by atoms with van der Waals surface area (Å²) in [6, 6.07) is 7.93. The first-order valence-electron chi connectivity index (χ1n) is 5.92. The van der Waals surface area contributed by atoms with Gasteiger partial charge in [0.1, 0.15) is 5.75 Å². The van der Waals surface area contributed by atoms with Gasteiger partial charge in [-0.25, -0.2) is 0 Å². The number of carbonyl (C=O) groups is 1. The van der Waals surface area contributed by atoms with Gasteiger partial charge in [-0.2, -0.15) is 0 Å². The van der Waals surface area contributed by atoms with Gasteiger partial charge in [-0.3, -0.25) is 4.79 Å². The van der Waals surface area contributed by atoms with Gasteiger partial charge in [0.05, 0.1) is 19.8 Å². The standard InChI is InChI=1S/C15H12Br2O4/c1-20-13-6-9(11(17)7-14(13)21-2)15(19)10-5-8(16)3-4-12(10)18/h3-7,18H,1-2H3. The summed E-state index contributed by atoms with van der Waals surface area (Å²) >= 11 is 6.63. The first kappa shape index (κ1) is 15.9. The normalized spacial score (nSPS) is 10.3. The molecule has 0 aliphatic heterocycles. The van der Waals surface area contributed by atoms with Crippen molar-refractivity contribution in [2.45, 2.75) is 0 Å². The molecule has 0 amide bonds. The second kappa shape index (κ2) is 6.49. The van der Waals surface area contributed by atoms with E-state index in [1.807, 2.05) is 0 Å². The maximum Gasteiger partial charge on any atom is 0.198 e. The van der Waals surface area contributed by atoms with Crippen molar-refractivity contribution in [3.05, 3.63) is 50.4 Å². The van der Waals surface area contributed by atoms with Gasteiger partial charge in [0.25, 0.3) is 0 Å². The average molecular weight is 416 g/mol. The smallest absolute Gasteiger partial charge is 0.198 e. The highest BCUT2D eigenvalue weighted by Gasteiger charge is 2.19. The van der Waals surface area contributed by atoms with Gasteiger partial charge in [-0.1, -0.05) is 15.9 Å². The van der Waals surface area contributed by atoms with Crippen LogP contribution >= 0.6 is 31.9 Å².